The number of thioether (sulfide) groups is 1. The number of nitrogens with zero attached hydrogens (tertiary/aromatic N) is 3. The van der Waals surface area contributed by atoms with Gasteiger partial charge < -0.3 is 15.2 Å². The Morgan fingerprint density at radius 2 is 1.50 bits per heavy atom. The molecule has 0 aromatic heterocycles. The lowest BCUT2D eigenvalue weighted by Crippen LogP contribution is -2.35. The van der Waals surface area contributed by atoms with Gasteiger partial charge in [-0.3, -0.25) is 25.1 Å². The molecule has 1 atom stereocenters. The number of carboxylic acid groups (broad SMARTS) is 1. The van der Waals surface area contributed by atoms with Crippen LogP contribution in [-0.2, 0) is 9.53 Å². The highest BCUT2D eigenvalue weighted by molar-refractivity contribution is 7.99. The van der Waals surface area contributed by atoms with Crippen LogP contribution >= 0.6 is 11.8 Å². The number of carbonyl (C=O) groups is 2. The van der Waals surface area contributed by atoms with Crippen molar-refractivity contribution in [3.63, 3.8) is 0 Å². The van der Waals surface area contributed by atoms with Crippen LogP contribution in [0.5, 0.6) is 0 Å². The second-order valence-electron chi connectivity index (χ2n) is 9.82. The van der Waals surface area contributed by atoms with Gasteiger partial charge in [0.05, 0.1) is 21.8 Å². The van der Waals surface area contributed by atoms with E-state index in [1.165, 1.54) is 4.90 Å². The minimum Gasteiger partial charge on any atom is -0.480 e. The fraction of sp³-hybridized carbons (Fsp3) is 0.161. The fourth-order valence-electron chi connectivity index (χ4n) is 5.04. The van der Waals surface area contributed by atoms with Crippen LogP contribution in [0.4, 0.5) is 27.5 Å². The van der Waals surface area contributed by atoms with Crippen molar-refractivity contribution in [3.05, 3.63) is 128 Å². The SMILES string of the molecule is O=C(O)C(CSCN(C(=O)OCC1c2ccccc2-c2ccccc21)c1ccccc1)Nc1ccc([N+](=O)[O-])cc1[N+](=O)[O-]. The third-order valence-corrected chi connectivity index (χ3v) is 8.16. The summed E-state index contributed by atoms with van der Waals surface area (Å²) in [4.78, 5) is 47.8. The first-order valence-corrected chi connectivity index (χ1v) is 14.6. The zero-order valence-corrected chi connectivity index (χ0v) is 23.9. The minimum atomic E-state index is -1.31. The van der Waals surface area contributed by atoms with E-state index >= 15 is 0 Å². The summed E-state index contributed by atoms with van der Waals surface area (Å²) in [6, 6.07) is 26.4. The van der Waals surface area contributed by atoms with E-state index in [1.807, 2.05) is 48.5 Å². The molecule has 1 unspecified atom stereocenters. The van der Waals surface area contributed by atoms with Crippen molar-refractivity contribution in [2.24, 2.45) is 0 Å². The molecule has 1 aliphatic rings. The molecule has 4 aromatic rings. The summed E-state index contributed by atoms with van der Waals surface area (Å²) in [6.07, 6.45) is -0.614. The average Bonchev–Trinajstić information content (AvgIpc) is 3.35. The highest BCUT2D eigenvalue weighted by Crippen LogP contribution is 2.44. The lowest BCUT2D eigenvalue weighted by atomic mass is 9.98. The first kappa shape index (κ1) is 30.0. The van der Waals surface area contributed by atoms with Crippen LogP contribution in [0.15, 0.2) is 97.1 Å². The number of hydrogen-bond acceptors (Lipinski definition) is 9. The van der Waals surface area contributed by atoms with E-state index in [9.17, 15) is 34.9 Å². The van der Waals surface area contributed by atoms with Gasteiger partial charge in [0.25, 0.3) is 11.4 Å². The lowest BCUT2D eigenvalue weighted by Gasteiger charge is -2.24. The minimum absolute atomic E-state index is 0.0223. The van der Waals surface area contributed by atoms with Crippen molar-refractivity contribution < 1.29 is 29.3 Å². The summed E-state index contributed by atoms with van der Waals surface area (Å²) in [5.41, 5.74) is 3.58. The van der Waals surface area contributed by atoms with Crippen LogP contribution in [0.1, 0.15) is 17.0 Å². The Morgan fingerprint density at radius 1 is 0.886 bits per heavy atom. The maximum Gasteiger partial charge on any atom is 0.415 e. The first-order chi connectivity index (χ1) is 21.2. The summed E-state index contributed by atoms with van der Waals surface area (Å²) in [5.74, 6) is -1.51. The Morgan fingerprint density at radius 3 is 2.09 bits per heavy atom. The largest absolute Gasteiger partial charge is 0.480 e. The van der Waals surface area contributed by atoms with Crippen LogP contribution in [0.25, 0.3) is 11.1 Å². The Bertz CT molecular complexity index is 1670. The van der Waals surface area contributed by atoms with Crippen molar-refractivity contribution in [1.29, 1.82) is 0 Å². The summed E-state index contributed by atoms with van der Waals surface area (Å²) in [6.45, 7) is 0.101. The standard InChI is InChI=1S/C31H26N4O8S/c36-30(37)28(32-27-15-14-21(34(39)40)16-29(27)35(41)42)18-44-19-33(20-8-2-1-3-9-20)31(38)43-17-26-24-12-6-4-10-22(24)23-11-5-7-13-25(23)26/h1-16,26,28,32H,17-19H2,(H,36,37). The normalized spacial score (nSPS) is 12.5. The number of nitrogens with one attached hydrogen (secondary N) is 1. The summed E-state index contributed by atoms with van der Waals surface area (Å²) >= 11 is 1.10. The molecule has 1 aliphatic carbocycles. The van der Waals surface area contributed by atoms with Gasteiger partial charge in [0.15, 0.2) is 0 Å². The van der Waals surface area contributed by atoms with Crippen LogP contribution in [-0.4, -0.2) is 51.3 Å². The van der Waals surface area contributed by atoms with Crippen molar-refractivity contribution in [2.45, 2.75) is 12.0 Å². The molecular weight excluding hydrogens is 588 g/mol. The maximum atomic E-state index is 13.5. The second-order valence-corrected chi connectivity index (χ2v) is 10.8. The predicted molar refractivity (Wildman–Crippen MR) is 166 cm³/mol. The molecule has 0 bridgehead atoms. The van der Waals surface area contributed by atoms with Gasteiger partial charge in [-0.25, -0.2) is 9.59 Å². The number of nitro benzene ring substituents is 2. The van der Waals surface area contributed by atoms with E-state index < -0.39 is 39.3 Å². The molecule has 224 valence electrons. The molecule has 12 nitrogen and oxygen atoms in total. The molecule has 0 saturated heterocycles. The summed E-state index contributed by atoms with van der Waals surface area (Å²) < 4.78 is 5.84. The maximum absolute atomic E-state index is 13.5. The Kier molecular flexibility index (Phi) is 9.05. The number of fused-ring (bicyclic) bond motifs is 3. The molecule has 13 heteroatoms. The van der Waals surface area contributed by atoms with Gasteiger partial charge >= 0.3 is 12.1 Å². The summed E-state index contributed by atoms with van der Waals surface area (Å²) in [7, 11) is 0. The highest BCUT2D eigenvalue weighted by atomic mass is 32.2. The molecule has 0 aliphatic heterocycles. The van der Waals surface area contributed by atoms with Crippen LogP contribution in [0, 0.1) is 20.2 Å². The van der Waals surface area contributed by atoms with Gasteiger partial charge in [0, 0.05) is 23.4 Å². The van der Waals surface area contributed by atoms with Gasteiger partial charge in [-0.2, -0.15) is 0 Å². The van der Waals surface area contributed by atoms with Crippen molar-refractivity contribution in [1.82, 2.24) is 0 Å². The molecule has 0 spiro atoms. The number of carbonyl (C=O) groups excluding carboxylic acids is 1. The Labute approximate surface area is 255 Å². The molecular formula is C31H26N4O8S. The van der Waals surface area contributed by atoms with E-state index in [-0.39, 0.29) is 29.8 Å². The van der Waals surface area contributed by atoms with Gasteiger partial charge in [-0.05, 0) is 40.5 Å². The number of para-hydroxylation sites is 1. The molecule has 0 fully saturated rings. The monoisotopic (exact) mass is 614 g/mol. The Hall–Kier alpha value is -5.43. The van der Waals surface area contributed by atoms with E-state index in [4.69, 9.17) is 4.74 Å². The number of ether oxygens (including phenoxy) is 1. The molecule has 2 N–H and O–H groups in total. The third-order valence-electron chi connectivity index (χ3n) is 7.15. The highest BCUT2D eigenvalue weighted by Gasteiger charge is 2.30. The summed E-state index contributed by atoms with van der Waals surface area (Å²) in [5, 5.41) is 35.0. The molecule has 0 saturated carbocycles. The molecule has 0 radical (unpaired) electrons. The van der Waals surface area contributed by atoms with E-state index in [1.54, 1.807) is 30.3 Å². The number of benzene rings is 4. The van der Waals surface area contributed by atoms with E-state index in [0.29, 0.717) is 5.69 Å². The zero-order chi connectivity index (χ0) is 31.2. The van der Waals surface area contributed by atoms with Gasteiger partial charge in [0.1, 0.15) is 18.3 Å². The molecule has 0 heterocycles. The number of anilines is 2. The van der Waals surface area contributed by atoms with Crippen molar-refractivity contribution in [2.75, 3.05) is 28.5 Å². The Balaban J connectivity index is 1.28. The van der Waals surface area contributed by atoms with Gasteiger partial charge in [-0.1, -0.05) is 66.7 Å². The van der Waals surface area contributed by atoms with Crippen LogP contribution in [0.2, 0.25) is 0 Å². The zero-order valence-electron chi connectivity index (χ0n) is 23.1. The third kappa shape index (κ3) is 6.47. The topological polar surface area (TPSA) is 165 Å². The molecule has 4 aromatic carbocycles. The van der Waals surface area contributed by atoms with Gasteiger partial charge in [-0.15, -0.1) is 11.8 Å². The van der Waals surface area contributed by atoms with Crippen molar-refractivity contribution in [3.8, 4) is 11.1 Å². The van der Waals surface area contributed by atoms with E-state index in [2.05, 4.69) is 5.32 Å². The van der Waals surface area contributed by atoms with Crippen molar-refractivity contribution >= 4 is 46.6 Å². The predicted octanol–water partition coefficient (Wildman–Crippen LogP) is 6.51. The van der Waals surface area contributed by atoms with Gasteiger partial charge in [0.2, 0.25) is 0 Å². The number of carboxylic acids is 1. The second kappa shape index (κ2) is 13.3. The number of non-ortho nitro benzene ring substituents is 1. The fourth-order valence-corrected chi connectivity index (χ4v) is 6.05. The number of aliphatic carboxylic acids is 1. The number of hydrogen-bond donors (Lipinski definition) is 2. The van der Waals surface area contributed by atoms with Crippen LogP contribution in [0.3, 0.4) is 0 Å². The van der Waals surface area contributed by atoms with E-state index in [0.717, 1.165) is 52.2 Å². The number of amides is 1. The molecule has 44 heavy (non-hydrogen) atoms. The number of nitro groups is 2. The van der Waals surface area contributed by atoms with Crippen LogP contribution < -0.4 is 10.2 Å². The smallest absolute Gasteiger partial charge is 0.415 e. The molecule has 1 amide bonds. The number of rotatable bonds is 12. The molecule has 5 rings (SSSR count). The lowest BCUT2D eigenvalue weighted by molar-refractivity contribution is -0.393. The quantitative estimate of drug-likeness (QED) is 0.102. The first-order valence-electron chi connectivity index (χ1n) is 13.4. The average molecular weight is 615 g/mol.